The minimum absolute atomic E-state index is 0.00813. The fourth-order valence-corrected chi connectivity index (χ4v) is 3.21. The number of hydrogen-bond donors (Lipinski definition) is 1. The molecule has 2 aliphatic rings. The molecule has 0 spiro atoms. The predicted octanol–water partition coefficient (Wildman–Crippen LogP) is 2.44. The van der Waals surface area contributed by atoms with E-state index in [9.17, 15) is 9.59 Å². The minimum Gasteiger partial charge on any atom is -0.338 e. The van der Waals surface area contributed by atoms with Gasteiger partial charge in [0.15, 0.2) is 0 Å². The van der Waals surface area contributed by atoms with E-state index >= 15 is 0 Å². The van der Waals surface area contributed by atoms with Crippen LogP contribution >= 0.6 is 0 Å². The fourth-order valence-electron chi connectivity index (χ4n) is 3.21. The Kier molecular flexibility index (Phi) is 3.47. The van der Waals surface area contributed by atoms with Crippen LogP contribution < -0.4 is 5.32 Å². The highest BCUT2D eigenvalue weighted by molar-refractivity contribution is 6.01. The number of nitrogens with zero attached hydrogens (tertiary/aromatic N) is 1. The summed E-state index contributed by atoms with van der Waals surface area (Å²) < 4.78 is 0. The lowest BCUT2D eigenvalue weighted by Gasteiger charge is -2.17. The number of carbonyl (C=O) groups excluding carboxylic acids is 2. The van der Waals surface area contributed by atoms with Gasteiger partial charge in [0, 0.05) is 24.3 Å². The highest BCUT2D eigenvalue weighted by atomic mass is 16.2. The summed E-state index contributed by atoms with van der Waals surface area (Å²) in [5.41, 5.74) is 2.49. The van der Waals surface area contributed by atoms with E-state index in [0.29, 0.717) is 17.9 Å². The van der Waals surface area contributed by atoms with Gasteiger partial charge >= 0.3 is 0 Å². The second kappa shape index (κ2) is 5.27. The van der Waals surface area contributed by atoms with Crippen LogP contribution in [0.2, 0.25) is 0 Å². The lowest BCUT2D eigenvalue weighted by molar-refractivity contribution is -0.115. The quantitative estimate of drug-likeness (QED) is 0.918. The van der Waals surface area contributed by atoms with Gasteiger partial charge < -0.3 is 10.2 Å². The van der Waals surface area contributed by atoms with Gasteiger partial charge in [-0.3, -0.25) is 9.59 Å². The fraction of sp³-hybridized carbons (Fsp3) is 0.500. The second-order valence-electron chi connectivity index (χ2n) is 5.79. The van der Waals surface area contributed by atoms with E-state index < -0.39 is 0 Å². The standard InChI is InChI=1S/C16H20N2O2/c1-2-3-11-6-7-18(10-11)16(20)12-4-5-14-13(8-12)9-15(19)17-14/h4-5,8,11H,2-3,6-7,9-10H2,1H3,(H,17,19). The Labute approximate surface area is 119 Å². The molecular formula is C16H20N2O2. The van der Waals surface area contributed by atoms with E-state index in [1.54, 1.807) is 0 Å². The molecule has 1 N–H and O–H groups in total. The van der Waals surface area contributed by atoms with Crippen LogP contribution in [0, 0.1) is 5.92 Å². The molecule has 3 rings (SSSR count). The molecule has 2 aliphatic heterocycles. The highest BCUT2D eigenvalue weighted by Crippen LogP contribution is 2.26. The van der Waals surface area contributed by atoms with Crippen molar-refractivity contribution >= 4 is 17.5 Å². The molecule has 0 bridgehead atoms. The van der Waals surface area contributed by atoms with E-state index in [1.807, 2.05) is 23.1 Å². The summed E-state index contributed by atoms with van der Waals surface area (Å²) in [7, 11) is 0. The molecule has 0 radical (unpaired) electrons. The number of rotatable bonds is 3. The molecule has 4 heteroatoms. The van der Waals surface area contributed by atoms with Gasteiger partial charge in [-0.2, -0.15) is 0 Å². The monoisotopic (exact) mass is 272 g/mol. The van der Waals surface area contributed by atoms with Crippen molar-refractivity contribution in [1.82, 2.24) is 4.90 Å². The van der Waals surface area contributed by atoms with Crippen LogP contribution in [0.25, 0.3) is 0 Å². The van der Waals surface area contributed by atoms with Crippen molar-refractivity contribution in [2.75, 3.05) is 18.4 Å². The third-order valence-electron chi connectivity index (χ3n) is 4.25. The Morgan fingerprint density at radius 1 is 1.45 bits per heavy atom. The van der Waals surface area contributed by atoms with Gasteiger partial charge in [-0.25, -0.2) is 0 Å². The third kappa shape index (κ3) is 2.42. The van der Waals surface area contributed by atoms with Crippen LogP contribution in [0.4, 0.5) is 5.69 Å². The number of carbonyl (C=O) groups is 2. The Bertz CT molecular complexity index is 553. The summed E-state index contributed by atoms with van der Waals surface area (Å²) in [4.78, 5) is 25.8. The van der Waals surface area contributed by atoms with Crippen LogP contribution in [-0.4, -0.2) is 29.8 Å². The summed E-state index contributed by atoms with van der Waals surface area (Å²) in [5, 5.41) is 2.79. The van der Waals surface area contributed by atoms with E-state index in [-0.39, 0.29) is 11.8 Å². The topological polar surface area (TPSA) is 49.4 Å². The minimum atomic E-state index is 0.00813. The van der Waals surface area contributed by atoms with E-state index in [4.69, 9.17) is 0 Å². The van der Waals surface area contributed by atoms with Gasteiger partial charge in [-0.05, 0) is 42.5 Å². The summed E-state index contributed by atoms with van der Waals surface area (Å²) in [6.07, 6.45) is 3.88. The Balaban J connectivity index is 1.72. The normalized spacial score (nSPS) is 20.9. The Morgan fingerprint density at radius 2 is 2.30 bits per heavy atom. The molecule has 1 fully saturated rings. The Morgan fingerprint density at radius 3 is 3.10 bits per heavy atom. The van der Waals surface area contributed by atoms with Crippen molar-refractivity contribution in [3.63, 3.8) is 0 Å². The molecule has 2 amide bonds. The predicted molar refractivity (Wildman–Crippen MR) is 77.7 cm³/mol. The van der Waals surface area contributed by atoms with Crippen molar-refractivity contribution in [2.45, 2.75) is 32.6 Å². The van der Waals surface area contributed by atoms with Crippen LogP contribution in [0.5, 0.6) is 0 Å². The molecule has 0 saturated carbocycles. The first-order valence-corrected chi connectivity index (χ1v) is 7.39. The summed E-state index contributed by atoms with van der Waals surface area (Å²) >= 11 is 0. The van der Waals surface area contributed by atoms with Gasteiger partial charge in [0.2, 0.25) is 5.91 Å². The van der Waals surface area contributed by atoms with Crippen LogP contribution in [-0.2, 0) is 11.2 Å². The zero-order valence-corrected chi connectivity index (χ0v) is 11.8. The zero-order chi connectivity index (χ0) is 14.1. The first-order chi connectivity index (χ1) is 9.67. The van der Waals surface area contributed by atoms with E-state index in [1.165, 1.54) is 12.8 Å². The number of nitrogens with one attached hydrogen (secondary N) is 1. The van der Waals surface area contributed by atoms with Crippen LogP contribution in [0.1, 0.15) is 42.1 Å². The average Bonchev–Trinajstić information content (AvgIpc) is 3.02. The second-order valence-corrected chi connectivity index (χ2v) is 5.79. The molecule has 4 nitrogen and oxygen atoms in total. The van der Waals surface area contributed by atoms with E-state index in [0.717, 1.165) is 30.8 Å². The van der Waals surface area contributed by atoms with Crippen molar-refractivity contribution < 1.29 is 9.59 Å². The van der Waals surface area contributed by atoms with Crippen molar-refractivity contribution in [1.29, 1.82) is 0 Å². The molecule has 1 unspecified atom stereocenters. The maximum absolute atomic E-state index is 12.5. The lowest BCUT2D eigenvalue weighted by Crippen LogP contribution is -2.28. The molecular weight excluding hydrogens is 252 g/mol. The Hall–Kier alpha value is -1.84. The number of anilines is 1. The number of amides is 2. The summed E-state index contributed by atoms with van der Waals surface area (Å²) in [6.45, 7) is 3.92. The van der Waals surface area contributed by atoms with Crippen molar-refractivity contribution in [3.8, 4) is 0 Å². The molecule has 1 aromatic rings. The number of fused-ring (bicyclic) bond motifs is 1. The molecule has 1 aromatic carbocycles. The number of likely N-dealkylation sites (tertiary alicyclic amines) is 1. The molecule has 0 aromatic heterocycles. The lowest BCUT2D eigenvalue weighted by atomic mass is 10.0. The van der Waals surface area contributed by atoms with Gasteiger partial charge in [-0.1, -0.05) is 13.3 Å². The molecule has 106 valence electrons. The first kappa shape index (κ1) is 13.2. The van der Waals surface area contributed by atoms with E-state index in [2.05, 4.69) is 12.2 Å². The average molecular weight is 272 g/mol. The molecule has 2 heterocycles. The first-order valence-electron chi connectivity index (χ1n) is 7.39. The van der Waals surface area contributed by atoms with Gasteiger partial charge in [0.25, 0.3) is 5.91 Å². The van der Waals surface area contributed by atoms with Crippen LogP contribution in [0.15, 0.2) is 18.2 Å². The summed E-state index contributed by atoms with van der Waals surface area (Å²) in [5.74, 6) is 0.765. The summed E-state index contributed by atoms with van der Waals surface area (Å²) in [6, 6.07) is 5.52. The number of hydrogen-bond acceptors (Lipinski definition) is 2. The smallest absolute Gasteiger partial charge is 0.253 e. The SMILES string of the molecule is CCCC1CCN(C(=O)c2ccc3c(c2)CC(=O)N3)C1. The van der Waals surface area contributed by atoms with Crippen LogP contribution in [0.3, 0.4) is 0 Å². The van der Waals surface area contributed by atoms with Crippen molar-refractivity contribution in [2.24, 2.45) is 5.92 Å². The molecule has 20 heavy (non-hydrogen) atoms. The van der Waals surface area contributed by atoms with Crippen molar-refractivity contribution in [3.05, 3.63) is 29.3 Å². The third-order valence-corrected chi connectivity index (χ3v) is 4.25. The zero-order valence-electron chi connectivity index (χ0n) is 11.8. The molecule has 1 atom stereocenters. The van der Waals surface area contributed by atoms with Gasteiger partial charge in [-0.15, -0.1) is 0 Å². The van der Waals surface area contributed by atoms with Gasteiger partial charge in [0.1, 0.15) is 0 Å². The van der Waals surface area contributed by atoms with Gasteiger partial charge in [0.05, 0.1) is 6.42 Å². The number of benzene rings is 1. The largest absolute Gasteiger partial charge is 0.338 e. The maximum atomic E-state index is 12.5. The highest BCUT2D eigenvalue weighted by Gasteiger charge is 2.27. The maximum Gasteiger partial charge on any atom is 0.253 e. The molecule has 1 saturated heterocycles. The molecule has 0 aliphatic carbocycles.